The van der Waals surface area contributed by atoms with E-state index in [2.05, 4.69) is 81.3 Å². The first kappa shape index (κ1) is 23.0. The molecule has 1 aromatic heterocycles. The van der Waals surface area contributed by atoms with Crippen molar-refractivity contribution >= 4 is 46.3 Å². The minimum absolute atomic E-state index is 0. The number of piperidine rings is 1. The molecule has 0 bridgehead atoms. The van der Waals surface area contributed by atoms with E-state index in [9.17, 15) is 0 Å². The molecule has 2 aromatic rings. The summed E-state index contributed by atoms with van der Waals surface area (Å²) in [6.45, 7) is 3.93. The summed E-state index contributed by atoms with van der Waals surface area (Å²) in [7, 11) is 6.06. The molecule has 0 atom stereocenters. The van der Waals surface area contributed by atoms with Crippen LogP contribution in [0, 0.1) is 0 Å². The highest BCUT2D eigenvalue weighted by Gasteiger charge is 2.20. The molecule has 7 heteroatoms. The van der Waals surface area contributed by atoms with Crippen LogP contribution in [0.15, 0.2) is 46.8 Å². The number of halogens is 1. The molecule has 1 aliphatic rings. The van der Waals surface area contributed by atoms with E-state index in [1.807, 2.05) is 18.4 Å². The second-order valence-electron chi connectivity index (χ2n) is 7.29. The highest BCUT2D eigenvalue weighted by atomic mass is 127. The van der Waals surface area contributed by atoms with Gasteiger partial charge in [0, 0.05) is 39.3 Å². The fraction of sp³-hybridized carbons (Fsp3) is 0.476. The van der Waals surface area contributed by atoms with Crippen molar-refractivity contribution in [2.75, 3.05) is 39.1 Å². The van der Waals surface area contributed by atoms with Gasteiger partial charge in [0.1, 0.15) is 0 Å². The minimum atomic E-state index is 0. The Labute approximate surface area is 190 Å². The smallest absolute Gasteiger partial charge is 0.191 e. The summed E-state index contributed by atoms with van der Waals surface area (Å²) in [5.41, 5.74) is 2.68. The van der Waals surface area contributed by atoms with Crippen molar-refractivity contribution in [3.63, 3.8) is 0 Å². The van der Waals surface area contributed by atoms with E-state index in [0.717, 1.165) is 45.0 Å². The first-order chi connectivity index (χ1) is 13.2. The maximum Gasteiger partial charge on any atom is 0.191 e. The highest BCUT2D eigenvalue weighted by Crippen LogP contribution is 2.24. The van der Waals surface area contributed by atoms with E-state index in [0.29, 0.717) is 6.04 Å². The number of hydrogen-bond acceptors (Lipinski definition) is 4. The van der Waals surface area contributed by atoms with Crippen molar-refractivity contribution in [1.29, 1.82) is 0 Å². The van der Waals surface area contributed by atoms with Gasteiger partial charge in [0.25, 0.3) is 0 Å². The number of rotatable bonds is 6. The third kappa shape index (κ3) is 6.63. The van der Waals surface area contributed by atoms with Crippen molar-refractivity contribution in [1.82, 2.24) is 15.5 Å². The standard InChI is InChI=1S/C21H31N5S.HI/c1-22-21(23-15-17-7-4-5-8-18(17)16-25(2)3)24-19-10-12-26(13-11-19)20-9-6-14-27-20;/h4-9,14,19H,10-13,15-16H2,1-3H3,(H2,22,23,24);1H. The molecule has 0 amide bonds. The van der Waals surface area contributed by atoms with Crippen LogP contribution in [-0.2, 0) is 13.1 Å². The maximum absolute atomic E-state index is 4.43. The molecule has 0 aliphatic carbocycles. The van der Waals surface area contributed by atoms with Gasteiger partial charge in [-0.15, -0.1) is 35.3 Å². The largest absolute Gasteiger partial charge is 0.363 e. The van der Waals surface area contributed by atoms with Crippen LogP contribution in [0.4, 0.5) is 5.00 Å². The van der Waals surface area contributed by atoms with E-state index in [-0.39, 0.29) is 24.0 Å². The van der Waals surface area contributed by atoms with E-state index < -0.39 is 0 Å². The molecule has 28 heavy (non-hydrogen) atoms. The molecular weight excluding hydrogens is 481 g/mol. The van der Waals surface area contributed by atoms with Gasteiger partial charge >= 0.3 is 0 Å². The summed E-state index contributed by atoms with van der Waals surface area (Å²) < 4.78 is 0. The van der Waals surface area contributed by atoms with E-state index in [1.54, 1.807) is 0 Å². The van der Waals surface area contributed by atoms with Gasteiger partial charge < -0.3 is 20.4 Å². The lowest BCUT2D eigenvalue weighted by atomic mass is 10.1. The van der Waals surface area contributed by atoms with Gasteiger partial charge in [0.2, 0.25) is 0 Å². The number of aliphatic imine (C=N–C) groups is 1. The number of benzene rings is 1. The second kappa shape index (κ2) is 11.6. The zero-order valence-corrected chi connectivity index (χ0v) is 20.2. The number of hydrogen-bond donors (Lipinski definition) is 2. The first-order valence-corrected chi connectivity index (χ1v) is 10.5. The van der Waals surface area contributed by atoms with Crippen molar-refractivity contribution < 1.29 is 0 Å². The van der Waals surface area contributed by atoms with Gasteiger partial charge in [-0.3, -0.25) is 4.99 Å². The number of anilines is 1. The summed E-state index contributed by atoms with van der Waals surface area (Å²) in [5.74, 6) is 0.893. The minimum Gasteiger partial charge on any atom is -0.363 e. The molecule has 2 heterocycles. The van der Waals surface area contributed by atoms with Crippen LogP contribution >= 0.6 is 35.3 Å². The Balaban J connectivity index is 0.00000280. The molecule has 1 saturated heterocycles. The summed E-state index contributed by atoms with van der Waals surface area (Å²) in [6.07, 6.45) is 2.27. The molecule has 2 N–H and O–H groups in total. The highest BCUT2D eigenvalue weighted by molar-refractivity contribution is 14.0. The van der Waals surface area contributed by atoms with Crippen LogP contribution in [-0.4, -0.2) is 51.1 Å². The number of guanidine groups is 1. The number of nitrogens with zero attached hydrogens (tertiary/aromatic N) is 3. The average Bonchev–Trinajstić information content (AvgIpc) is 3.21. The lowest BCUT2D eigenvalue weighted by Crippen LogP contribution is -2.48. The SMILES string of the molecule is CN=C(NCc1ccccc1CN(C)C)NC1CCN(c2cccs2)CC1.I. The molecule has 0 unspecified atom stereocenters. The molecule has 0 saturated carbocycles. The predicted molar refractivity (Wildman–Crippen MR) is 132 cm³/mol. The Morgan fingerprint density at radius 1 is 1.14 bits per heavy atom. The average molecular weight is 513 g/mol. The quantitative estimate of drug-likeness (QED) is 0.351. The van der Waals surface area contributed by atoms with Crippen LogP contribution in [0.25, 0.3) is 0 Å². The van der Waals surface area contributed by atoms with Crippen molar-refractivity contribution in [2.45, 2.75) is 32.0 Å². The van der Waals surface area contributed by atoms with Gasteiger partial charge in [-0.2, -0.15) is 0 Å². The second-order valence-corrected chi connectivity index (χ2v) is 8.22. The van der Waals surface area contributed by atoms with E-state index >= 15 is 0 Å². The van der Waals surface area contributed by atoms with Gasteiger partial charge in [0.05, 0.1) is 5.00 Å². The van der Waals surface area contributed by atoms with Crippen LogP contribution in [0.2, 0.25) is 0 Å². The number of nitrogens with one attached hydrogen (secondary N) is 2. The monoisotopic (exact) mass is 513 g/mol. The van der Waals surface area contributed by atoms with Gasteiger partial charge in [-0.1, -0.05) is 24.3 Å². The predicted octanol–water partition coefficient (Wildman–Crippen LogP) is 3.76. The Bertz CT molecular complexity index is 724. The molecule has 1 aliphatic heterocycles. The maximum atomic E-state index is 4.43. The molecule has 1 fully saturated rings. The zero-order chi connectivity index (χ0) is 19.1. The van der Waals surface area contributed by atoms with Crippen molar-refractivity contribution in [3.05, 3.63) is 52.9 Å². The Hall–Kier alpha value is -1.32. The molecule has 5 nitrogen and oxygen atoms in total. The van der Waals surface area contributed by atoms with Crippen molar-refractivity contribution in [3.8, 4) is 0 Å². The van der Waals surface area contributed by atoms with Crippen LogP contribution in [0.1, 0.15) is 24.0 Å². The zero-order valence-electron chi connectivity index (χ0n) is 17.0. The van der Waals surface area contributed by atoms with Crippen LogP contribution in [0.5, 0.6) is 0 Å². The lowest BCUT2D eigenvalue weighted by Gasteiger charge is -2.33. The molecule has 0 radical (unpaired) electrons. The molecular formula is C21H32IN5S. The first-order valence-electron chi connectivity index (χ1n) is 9.63. The molecule has 1 aromatic carbocycles. The topological polar surface area (TPSA) is 42.9 Å². The molecule has 3 rings (SSSR count). The Morgan fingerprint density at radius 3 is 2.46 bits per heavy atom. The van der Waals surface area contributed by atoms with Crippen molar-refractivity contribution in [2.24, 2.45) is 4.99 Å². The summed E-state index contributed by atoms with van der Waals surface area (Å²) >= 11 is 1.83. The third-order valence-corrected chi connectivity index (χ3v) is 5.86. The third-order valence-electron chi connectivity index (χ3n) is 4.93. The lowest BCUT2D eigenvalue weighted by molar-refractivity contribution is 0.400. The fourth-order valence-electron chi connectivity index (χ4n) is 3.49. The molecule has 154 valence electrons. The van der Waals surface area contributed by atoms with Gasteiger partial charge in [0.15, 0.2) is 5.96 Å². The summed E-state index contributed by atoms with van der Waals surface area (Å²) in [4.78, 5) is 9.11. The van der Waals surface area contributed by atoms with E-state index in [1.165, 1.54) is 16.1 Å². The summed E-state index contributed by atoms with van der Waals surface area (Å²) in [6, 6.07) is 13.4. The fourth-order valence-corrected chi connectivity index (χ4v) is 4.27. The normalized spacial score (nSPS) is 15.4. The summed E-state index contributed by atoms with van der Waals surface area (Å²) in [5, 5.41) is 10.6. The van der Waals surface area contributed by atoms with Crippen LogP contribution < -0.4 is 15.5 Å². The van der Waals surface area contributed by atoms with Gasteiger partial charge in [-0.25, -0.2) is 0 Å². The van der Waals surface area contributed by atoms with Gasteiger partial charge in [-0.05, 0) is 55.6 Å². The molecule has 0 spiro atoms. The van der Waals surface area contributed by atoms with Crippen LogP contribution in [0.3, 0.4) is 0 Å². The Kier molecular flexibility index (Phi) is 9.53. The Morgan fingerprint density at radius 2 is 1.86 bits per heavy atom. The number of thiophene rings is 1. The van der Waals surface area contributed by atoms with E-state index in [4.69, 9.17) is 0 Å².